The zero-order chi connectivity index (χ0) is 9.80. The molecule has 1 aliphatic rings. The number of nitrogens with one attached hydrogen (secondary N) is 2. The predicted octanol–water partition coefficient (Wildman–Crippen LogP) is 1.83. The van der Waals surface area contributed by atoms with E-state index in [1.807, 2.05) is 12.3 Å². The number of hydrogen-bond acceptors (Lipinski definition) is 3. The maximum absolute atomic E-state index is 4.27. The molecular formula is C11H18ClN3. The van der Waals surface area contributed by atoms with Crippen LogP contribution in [0.3, 0.4) is 0 Å². The van der Waals surface area contributed by atoms with Gasteiger partial charge in [0.25, 0.3) is 0 Å². The van der Waals surface area contributed by atoms with E-state index in [0.29, 0.717) is 0 Å². The highest BCUT2D eigenvalue weighted by molar-refractivity contribution is 5.85. The van der Waals surface area contributed by atoms with Crippen LogP contribution in [-0.2, 0) is 0 Å². The summed E-state index contributed by atoms with van der Waals surface area (Å²) in [4.78, 5) is 4.27. The third-order valence-corrected chi connectivity index (χ3v) is 2.65. The van der Waals surface area contributed by atoms with Crippen molar-refractivity contribution in [2.24, 2.45) is 5.92 Å². The molecule has 2 rings (SSSR count). The highest BCUT2D eigenvalue weighted by Crippen LogP contribution is 2.10. The lowest BCUT2D eigenvalue weighted by atomic mass is 10.1. The van der Waals surface area contributed by atoms with E-state index in [2.05, 4.69) is 28.6 Å². The fraction of sp³-hybridized carbons (Fsp3) is 0.545. The van der Waals surface area contributed by atoms with Crippen LogP contribution in [0.4, 0.5) is 5.82 Å². The zero-order valence-electron chi connectivity index (χ0n) is 8.99. The normalized spacial score (nSPS) is 19.7. The van der Waals surface area contributed by atoms with Crippen molar-refractivity contribution in [3.63, 3.8) is 0 Å². The molecule has 1 aromatic heterocycles. The Labute approximate surface area is 97.1 Å². The average Bonchev–Trinajstić information content (AvgIpc) is 2.67. The van der Waals surface area contributed by atoms with E-state index in [9.17, 15) is 0 Å². The third-order valence-electron chi connectivity index (χ3n) is 2.65. The SMILES string of the molecule is Cc1ccnc(NCC2CCNC2)c1.Cl. The maximum atomic E-state index is 4.27. The largest absolute Gasteiger partial charge is 0.370 e. The Bertz CT molecular complexity index is 298. The number of aromatic nitrogens is 1. The van der Waals surface area contributed by atoms with Crippen molar-refractivity contribution < 1.29 is 0 Å². The van der Waals surface area contributed by atoms with Gasteiger partial charge in [-0.1, -0.05) is 0 Å². The van der Waals surface area contributed by atoms with Gasteiger partial charge < -0.3 is 10.6 Å². The molecule has 0 aliphatic carbocycles. The zero-order valence-corrected chi connectivity index (χ0v) is 9.81. The molecule has 84 valence electrons. The van der Waals surface area contributed by atoms with Gasteiger partial charge in [-0.05, 0) is 50.0 Å². The van der Waals surface area contributed by atoms with Crippen LogP contribution in [0.15, 0.2) is 18.3 Å². The van der Waals surface area contributed by atoms with Crippen LogP contribution in [-0.4, -0.2) is 24.6 Å². The van der Waals surface area contributed by atoms with Gasteiger partial charge >= 0.3 is 0 Å². The molecule has 1 aliphatic heterocycles. The molecule has 15 heavy (non-hydrogen) atoms. The number of nitrogens with zero attached hydrogens (tertiary/aromatic N) is 1. The van der Waals surface area contributed by atoms with E-state index in [4.69, 9.17) is 0 Å². The van der Waals surface area contributed by atoms with E-state index in [1.165, 1.54) is 12.0 Å². The Morgan fingerprint density at radius 1 is 1.60 bits per heavy atom. The Morgan fingerprint density at radius 2 is 2.47 bits per heavy atom. The molecule has 0 radical (unpaired) electrons. The number of hydrogen-bond donors (Lipinski definition) is 2. The predicted molar refractivity (Wildman–Crippen MR) is 65.7 cm³/mol. The van der Waals surface area contributed by atoms with Crippen LogP contribution in [0.5, 0.6) is 0 Å². The van der Waals surface area contributed by atoms with E-state index in [-0.39, 0.29) is 12.4 Å². The highest BCUT2D eigenvalue weighted by Gasteiger charge is 2.13. The van der Waals surface area contributed by atoms with Crippen LogP contribution in [0.25, 0.3) is 0 Å². The van der Waals surface area contributed by atoms with Gasteiger partial charge in [0.05, 0.1) is 0 Å². The van der Waals surface area contributed by atoms with Gasteiger partial charge in [-0.25, -0.2) is 4.98 Å². The molecule has 0 aromatic carbocycles. The molecule has 1 saturated heterocycles. The number of aryl methyl sites for hydroxylation is 1. The van der Waals surface area contributed by atoms with Gasteiger partial charge in [0, 0.05) is 12.7 Å². The van der Waals surface area contributed by atoms with Crippen LogP contribution in [0.2, 0.25) is 0 Å². The van der Waals surface area contributed by atoms with Gasteiger partial charge in [0.15, 0.2) is 0 Å². The van der Waals surface area contributed by atoms with E-state index >= 15 is 0 Å². The minimum atomic E-state index is 0. The van der Waals surface area contributed by atoms with Crippen molar-refractivity contribution in [2.75, 3.05) is 25.0 Å². The fourth-order valence-corrected chi connectivity index (χ4v) is 1.77. The molecule has 2 heterocycles. The van der Waals surface area contributed by atoms with E-state index < -0.39 is 0 Å². The van der Waals surface area contributed by atoms with E-state index in [1.54, 1.807) is 0 Å². The maximum Gasteiger partial charge on any atom is 0.126 e. The van der Waals surface area contributed by atoms with Crippen molar-refractivity contribution in [1.82, 2.24) is 10.3 Å². The Morgan fingerprint density at radius 3 is 3.13 bits per heavy atom. The molecular weight excluding hydrogens is 210 g/mol. The van der Waals surface area contributed by atoms with Crippen molar-refractivity contribution >= 4 is 18.2 Å². The molecule has 0 amide bonds. The Hall–Kier alpha value is -0.800. The first-order chi connectivity index (χ1) is 6.84. The van der Waals surface area contributed by atoms with Crippen molar-refractivity contribution in [3.05, 3.63) is 23.9 Å². The van der Waals surface area contributed by atoms with Crippen molar-refractivity contribution in [3.8, 4) is 0 Å². The standard InChI is InChI=1S/C11H17N3.ClH/c1-9-2-5-13-11(6-9)14-8-10-3-4-12-7-10;/h2,5-6,10,12H,3-4,7-8H2,1H3,(H,13,14);1H. The molecule has 0 bridgehead atoms. The summed E-state index contributed by atoms with van der Waals surface area (Å²) in [5.41, 5.74) is 1.26. The summed E-state index contributed by atoms with van der Waals surface area (Å²) in [5.74, 6) is 1.76. The molecule has 3 nitrogen and oxygen atoms in total. The molecule has 1 fully saturated rings. The summed E-state index contributed by atoms with van der Waals surface area (Å²) in [6.45, 7) is 5.42. The number of anilines is 1. The number of rotatable bonds is 3. The van der Waals surface area contributed by atoms with Crippen LogP contribution in [0, 0.1) is 12.8 Å². The second kappa shape index (κ2) is 5.93. The third kappa shape index (κ3) is 3.68. The van der Waals surface area contributed by atoms with Gasteiger partial charge in [-0.3, -0.25) is 0 Å². The number of pyridine rings is 1. The minimum absolute atomic E-state index is 0. The molecule has 1 aromatic rings. The van der Waals surface area contributed by atoms with Crippen LogP contribution < -0.4 is 10.6 Å². The quantitative estimate of drug-likeness (QED) is 0.828. The van der Waals surface area contributed by atoms with Gasteiger partial charge in [0.2, 0.25) is 0 Å². The lowest BCUT2D eigenvalue weighted by Gasteiger charge is -2.10. The average molecular weight is 228 g/mol. The molecule has 4 heteroatoms. The van der Waals surface area contributed by atoms with Gasteiger partial charge in [-0.2, -0.15) is 0 Å². The highest BCUT2D eigenvalue weighted by atomic mass is 35.5. The first-order valence-corrected chi connectivity index (χ1v) is 5.22. The second-order valence-corrected chi connectivity index (χ2v) is 3.96. The summed E-state index contributed by atoms with van der Waals surface area (Å²) in [5, 5.41) is 6.74. The molecule has 2 N–H and O–H groups in total. The Balaban J connectivity index is 0.00000112. The molecule has 1 atom stereocenters. The minimum Gasteiger partial charge on any atom is -0.370 e. The summed E-state index contributed by atoms with van der Waals surface area (Å²) in [6, 6.07) is 4.10. The molecule has 1 unspecified atom stereocenters. The number of halogens is 1. The lowest BCUT2D eigenvalue weighted by Crippen LogP contribution is -2.17. The molecule has 0 spiro atoms. The topological polar surface area (TPSA) is 37.0 Å². The Kier molecular flexibility index (Phi) is 4.85. The summed E-state index contributed by atoms with van der Waals surface area (Å²) in [6.07, 6.45) is 3.13. The summed E-state index contributed by atoms with van der Waals surface area (Å²) >= 11 is 0. The van der Waals surface area contributed by atoms with Gasteiger partial charge in [0.1, 0.15) is 5.82 Å². The van der Waals surface area contributed by atoms with Gasteiger partial charge in [-0.15, -0.1) is 12.4 Å². The first kappa shape index (κ1) is 12.3. The second-order valence-electron chi connectivity index (χ2n) is 3.96. The summed E-state index contributed by atoms with van der Waals surface area (Å²) < 4.78 is 0. The fourth-order valence-electron chi connectivity index (χ4n) is 1.77. The summed E-state index contributed by atoms with van der Waals surface area (Å²) in [7, 11) is 0. The van der Waals surface area contributed by atoms with E-state index in [0.717, 1.165) is 31.4 Å². The van der Waals surface area contributed by atoms with Crippen molar-refractivity contribution in [2.45, 2.75) is 13.3 Å². The monoisotopic (exact) mass is 227 g/mol. The van der Waals surface area contributed by atoms with Crippen LogP contribution >= 0.6 is 12.4 Å². The van der Waals surface area contributed by atoms with Crippen LogP contribution in [0.1, 0.15) is 12.0 Å². The first-order valence-electron chi connectivity index (χ1n) is 5.22. The smallest absolute Gasteiger partial charge is 0.126 e. The van der Waals surface area contributed by atoms with Crippen molar-refractivity contribution in [1.29, 1.82) is 0 Å². The molecule has 0 saturated carbocycles. The lowest BCUT2D eigenvalue weighted by molar-refractivity contribution is 0.614.